The molecule has 226 valence electrons. The molecule has 0 saturated heterocycles. The summed E-state index contributed by atoms with van der Waals surface area (Å²) in [4.78, 5) is 55.1. The number of aryl methyl sites for hydroxylation is 1. The Bertz CT molecular complexity index is 1930. The average molecular weight is 603 g/mol. The van der Waals surface area contributed by atoms with Crippen LogP contribution >= 0.6 is 0 Å². The molecular weight excluding hydrogens is 576 g/mol. The topological polar surface area (TPSA) is 208 Å². The van der Waals surface area contributed by atoms with E-state index in [1.807, 2.05) is 0 Å². The molecule has 3 aromatic carbocycles. The van der Waals surface area contributed by atoms with Crippen molar-refractivity contribution in [3.05, 3.63) is 74.4 Å². The number of ketones is 4. The summed E-state index contributed by atoms with van der Waals surface area (Å²) in [6.07, 6.45) is -4.07. The van der Waals surface area contributed by atoms with Gasteiger partial charge in [-0.05, 0) is 37.6 Å². The summed E-state index contributed by atoms with van der Waals surface area (Å²) in [7, 11) is 2.48. The van der Waals surface area contributed by atoms with Crippen LogP contribution in [0.15, 0.2) is 35.4 Å². The van der Waals surface area contributed by atoms with Crippen LogP contribution in [0.3, 0.4) is 0 Å². The van der Waals surface area contributed by atoms with Crippen molar-refractivity contribution in [1.29, 1.82) is 0 Å². The van der Waals surface area contributed by atoms with Crippen molar-refractivity contribution >= 4 is 23.1 Å². The van der Waals surface area contributed by atoms with E-state index >= 15 is 0 Å². The Morgan fingerprint density at radius 3 is 2.00 bits per heavy atom. The third kappa shape index (κ3) is 3.62. The lowest BCUT2D eigenvalue weighted by molar-refractivity contribution is -0.126. The molecule has 0 spiro atoms. The molecule has 0 amide bonds. The number of phenolic OH excluding ortho intramolecular Hbond substituents is 3. The van der Waals surface area contributed by atoms with Gasteiger partial charge in [0.05, 0.1) is 37.0 Å². The van der Waals surface area contributed by atoms with Crippen molar-refractivity contribution in [3.63, 3.8) is 0 Å². The van der Waals surface area contributed by atoms with Crippen LogP contribution in [-0.4, -0.2) is 85.8 Å². The van der Waals surface area contributed by atoms with Gasteiger partial charge in [0.2, 0.25) is 0 Å². The number of ether oxygens (including phenoxy) is 2. The van der Waals surface area contributed by atoms with Crippen LogP contribution in [0.25, 0.3) is 11.1 Å². The summed E-state index contributed by atoms with van der Waals surface area (Å²) in [5.74, 6) is -5.59. The number of fused-ring (bicyclic) bond motifs is 3. The van der Waals surface area contributed by atoms with Crippen LogP contribution in [0.4, 0.5) is 0 Å². The van der Waals surface area contributed by atoms with Crippen molar-refractivity contribution in [2.75, 3.05) is 14.2 Å². The largest absolute Gasteiger partial charge is 0.507 e. The molecule has 12 nitrogen and oxygen atoms in total. The van der Waals surface area contributed by atoms with Gasteiger partial charge < -0.3 is 40.1 Å². The number of aliphatic hydroxyl groups is 3. The first-order valence-corrected chi connectivity index (χ1v) is 13.4. The predicted octanol–water partition coefficient (Wildman–Crippen LogP) is 2.12. The van der Waals surface area contributed by atoms with E-state index in [9.17, 15) is 49.8 Å². The summed E-state index contributed by atoms with van der Waals surface area (Å²) in [6, 6.07) is 4.79. The molecule has 0 aromatic heterocycles. The first kappa shape index (κ1) is 29.1. The van der Waals surface area contributed by atoms with E-state index < -0.39 is 92.4 Å². The second-order valence-electron chi connectivity index (χ2n) is 11.2. The van der Waals surface area contributed by atoms with Gasteiger partial charge in [0.1, 0.15) is 40.5 Å². The molecule has 3 atom stereocenters. The number of benzene rings is 3. The Kier molecular flexibility index (Phi) is 6.26. The molecule has 6 N–H and O–H groups in total. The fraction of sp³-hybridized carbons (Fsp3) is 0.250. The van der Waals surface area contributed by atoms with Gasteiger partial charge in [-0.25, -0.2) is 0 Å². The quantitative estimate of drug-likeness (QED) is 0.199. The second-order valence-corrected chi connectivity index (χ2v) is 11.2. The minimum Gasteiger partial charge on any atom is -0.507 e. The SMILES string of the molecule is COc1cc(O)c2c(c1)C(=O)c1cc(C)c(O)c(-c3c(OC)cc4c(c3O)C(=O)C3=C(C4=O)[C@@H](O)[C@](C)(O)[C@H](O)C3)c1C2=O. The normalized spacial score (nSPS) is 22.3. The van der Waals surface area contributed by atoms with E-state index in [0.717, 1.165) is 19.1 Å². The highest BCUT2D eigenvalue weighted by Gasteiger charge is 2.52. The van der Waals surface area contributed by atoms with E-state index in [0.29, 0.717) is 0 Å². The summed E-state index contributed by atoms with van der Waals surface area (Å²) in [5.41, 5.74) is -5.61. The van der Waals surface area contributed by atoms with Crippen LogP contribution in [0, 0.1) is 6.92 Å². The number of carbonyl (C=O) groups excluding carboxylic acids is 4. The number of carbonyl (C=O) groups is 4. The minimum absolute atomic E-state index is 0.114. The Balaban J connectivity index is 1.65. The standard InChI is InChI=1S/C32H26O12/c1-10-5-12-20(29(39)19-13(26(12)36)6-11(43-3)7-16(19)33)24(25(10)35)23-17(44-4)8-14-21(30(23)40)27(37)15-9-18(34)32(2,42)31(41)22(15)28(14)38/h5-8,18,31,33-35,40-42H,9H2,1-4H3/t18-,31-,32-/m1/s1. The molecule has 0 unspecified atom stereocenters. The van der Waals surface area contributed by atoms with Crippen molar-refractivity contribution in [1.82, 2.24) is 0 Å². The first-order chi connectivity index (χ1) is 20.7. The van der Waals surface area contributed by atoms with E-state index in [1.54, 1.807) is 0 Å². The summed E-state index contributed by atoms with van der Waals surface area (Å²) in [5, 5.41) is 65.5. The Morgan fingerprint density at radius 1 is 0.727 bits per heavy atom. The van der Waals surface area contributed by atoms with Crippen molar-refractivity contribution in [2.45, 2.75) is 38.1 Å². The second kappa shape index (κ2) is 9.48. The molecule has 3 aliphatic carbocycles. The van der Waals surface area contributed by atoms with Gasteiger partial charge in [0.25, 0.3) is 0 Å². The molecule has 0 fully saturated rings. The van der Waals surface area contributed by atoms with Crippen molar-refractivity contribution < 1.29 is 59.3 Å². The summed E-state index contributed by atoms with van der Waals surface area (Å²) in [6.45, 7) is 2.56. The third-order valence-corrected chi connectivity index (χ3v) is 8.71. The fourth-order valence-corrected chi connectivity index (χ4v) is 6.25. The van der Waals surface area contributed by atoms with Crippen molar-refractivity contribution in [2.24, 2.45) is 0 Å². The van der Waals surface area contributed by atoms with Gasteiger partial charge in [0, 0.05) is 51.5 Å². The van der Waals surface area contributed by atoms with Crippen LogP contribution in [0.2, 0.25) is 0 Å². The Labute approximate surface area is 249 Å². The van der Waals surface area contributed by atoms with Gasteiger partial charge in [-0.3, -0.25) is 19.2 Å². The maximum Gasteiger partial charge on any atom is 0.199 e. The van der Waals surface area contributed by atoms with E-state index in [2.05, 4.69) is 0 Å². The fourth-order valence-electron chi connectivity index (χ4n) is 6.25. The first-order valence-electron chi connectivity index (χ1n) is 13.4. The summed E-state index contributed by atoms with van der Waals surface area (Å²) < 4.78 is 10.6. The minimum atomic E-state index is -2.15. The van der Waals surface area contributed by atoms with E-state index in [-0.39, 0.29) is 44.9 Å². The van der Waals surface area contributed by atoms with Gasteiger partial charge >= 0.3 is 0 Å². The zero-order chi connectivity index (χ0) is 32.2. The number of rotatable bonds is 3. The molecule has 44 heavy (non-hydrogen) atoms. The Morgan fingerprint density at radius 2 is 1.36 bits per heavy atom. The van der Waals surface area contributed by atoms with E-state index in [1.165, 1.54) is 33.3 Å². The number of hydrogen-bond donors (Lipinski definition) is 6. The van der Waals surface area contributed by atoms with Crippen LogP contribution in [-0.2, 0) is 0 Å². The lowest BCUT2D eigenvalue weighted by Crippen LogP contribution is -2.56. The van der Waals surface area contributed by atoms with Crippen LogP contribution in [0.1, 0.15) is 71.5 Å². The van der Waals surface area contributed by atoms with Crippen molar-refractivity contribution in [3.8, 4) is 39.9 Å². The number of methoxy groups -OCH3 is 2. The van der Waals surface area contributed by atoms with Crippen LogP contribution < -0.4 is 9.47 Å². The average Bonchev–Trinajstić information content (AvgIpc) is 2.98. The number of hydrogen-bond acceptors (Lipinski definition) is 12. The van der Waals surface area contributed by atoms with Gasteiger partial charge in [-0.1, -0.05) is 0 Å². The lowest BCUT2D eigenvalue weighted by Gasteiger charge is -2.41. The molecule has 3 aromatic rings. The molecule has 3 aliphatic rings. The van der Waals surface area contributed by atoms with Gasteiger partial charge in [-0.2, -0.15) is 0 Å². The molecule has 0 saturated carbocycles. The van der Waals surface area contributed by atoms with Crippen LogP contribution in [0.5, 0.6) is 28.7 Å². The lowest BCUT2D eigenvalue weighted by atomic mass is 9.69. The number of aliphatic hydroxyl groups excluding tert-OH is 2. The molecule has 0 heterocycles. The number of phenols is 3. The molecule has 12 heteroatoms. The van der Waals surface area contributed by atoms with Gasteiger partial charge in [0.15, 0.2) is 23.1 Å². The maximum absolute atomic E-state index is 14.0. The monoisotopic (exact) mass is 602 g/mol. The third-order valence-electron chi connectivity index (χ3n) is 8.71. The van der Waals surface area contributed by atoms with E-state index in [4.69, 9.17) is 9.47 Å². The predicted molar refractivity (Wildman–Crippen MR) is 151 cm³/mol. The van der Waals surface area contributed by atoms with Gasteiger partial charge in [-0.15, -0.1) is 0 Å². The summed E-state index contributed by atoms with van der Waals surface area (Å²) >= 11 is 0. The molecule has 0 radical (unpaired) electrons. The smallest absolute Gasteiger partial charge is 0.199 e. The number of Topliss-reactive ketones (excluding diaryl/α,β-unsaturated/α-hetero) is 2. The zero-order valence-corrected chi connectivity index (χ0v) is 23.8. The Hall–Kier alpha value is -5.04. The number of aromatic hydroxyl groups is 3. The highest BCUT2D eigenvalue weighted by atomic mass is 16.5. The zero-order valence-electron chi connectivity index (χ0n) is 23.8. The molecule has 6 rings (SSSR count). The molecule has 0 bridgehead atoms. The highest BCUT2D eigenvalue weighted by Crippen LogP contribution is 2.53. The molecule has 0 aliphatic heterocycles. The maximum atomic E-state index is 14.0. The highest BCUT2D eigenvalue weighted by molar-refractivity contribution is 6.33. The molecular formula is C32H26O12.